The summed E-state index contributed by atoms with van der Waals surface area (Å²) >= 11 is 7.52. The molecule has 0 saturated carbocycles. The zero-order valence-electron chi connectivity index (χ0n) is 18.7. The summed E-state index contributed by atoms with van der Waals surface area (Å²) in [5, 5.41) is 9.50. The van der Waals surface area contributed by atoms with E-state index in [0.717, 1.165) is 11.0 Å². The van der Waals surface area contributed by atoms with E-state index in [2.05, 4.69) is 20.2 Å². The molecule has 33 heavy (non-hydrogen) atoms. The molecule has 0 radical (unpaired) electrons. The second kappa shape index (κ2) is 9.48. The minimum absolute atomic E-state index is 0.0122. The van der Waals surface area contributed by atoms with Gasteiger partial charge in [-0.2, -0.15) is 0 Å². The van der Waals surface area contributed by atoms with Crippen molar-refractivity contribution < 1.29 is 4.42 Å². The Balaban J connectivity index is 1.77. The fraction of sp³-hybridized carbons (Fsp3) is 0.364. The van der Waals surface area contributed by atoms with Crippen molar-refractivity contribution in [3.05, 3.63) is 61.8 Å². The standard InChI is InChI=1S/C22H23ClN6O3S/c1-5-10-29-18-16(21(30)28(4)22(29)31)20(25-17(24-18)12(2)3)33-11-15-26-27-19(32-15)13-8-6-7-9-14(13)23/h6-9,12H,5,10-11H2,1-4H3. The first-order valence-corrected chi connectivity index (χ1v) is 11.9. The Labute approximate surface area is 198 Å². The highest BCUT2D eigenvalue weighted by molar-refractivity contribution is 7.98. The highest BCUT2D eigenvalue weighted by Crippen LogP contribution is 2.30. The van der Waals surface area contributed by atoms with Crippen LogP contribution in [-0.2, 0) is 19.3 Å². The van der Waals surface area contributed by atoms with Crippen molar-refractivity contribution in [2.45, 2.75) is 50.4 Å². The number of hydrogen-bond acceptors (Lipinski definition) is 8. The van der Waals surface area contributed by atoms with Gasteiger partial charge in [-0.25, -0.2) is 14.8 Å². The molecule has 0 unspecified atom stereocenters. The number of halogens is 1. The number of thioether (sulfide) groups is 1. The molecule has 0 bridgehead atoms. The Hall–Kier alpha value is -2.98. The van der Waals surface area contributed by atoms with Gasteiger partial charge in [0.15, 0.2) is 5.65 Å². The molecule has 0 atom stereocenters. The van der Waals surface area contributed by atoms with Crippen molar-refractivity contribution in [3.8, 4) is 11.5 Å². The molecule has 1 aromatic carbocycles. The Bertz CT molecular complexity index is 1440. The lowest BCUT2D eigenvalue weighted by Gasteiger charge is -2.14. The van der Waals surface area contributed by atoms with Crippen LogP contribution >= 0.6 is 23.4 Å². The Kier molecular flexibility index (Phi) is 6.66. The maximum absolute atomic E-state index is 13.0. The zero-order chi connectivity index (χ0) is 23.7. The summed E-state index contributed by atoms with van der Waals surface area (Å²) in [4.78, 5) is 35.0. The fourth-order valence-electron chi connectivity index (χ4n) is 3.33. The van der Waals surface area contributed by atoms with E-state index in [4.69, 9.17) is 16.0 Å². The Morgan fingerprint density at radius 2 is 1.91 bits per heavy atom. The molecule has 0 aliphatic rings. The largest absolute Gasteiger partial charge is 0.420 e. The van der Waals surface area contributed by atoms with Gasteiger partial charge in [0.2, 0.25) is 11.8 Å². The number of benzene rings is 1. The van der Waals surface area contributed by atoms with Gasteiger partial charge in [-0.1, -0.05) is 56.3 Å². The van der Waals surface area contributed by atoms with Gasteiger partial charge in [0.25, 0.3) is 5.56 Å². The zero-order valence-corrected chi connectivity index (χ0v) is 20.3. The van der Waals surface area contributed by atoms with Crippen LogP contribution in [0.4, 0.5) is 0 Å². The van der Waals surface area contributed by atoms with E-state index in [0.29, 0.717) is 50.8 Å². The Morgan fingerprint density at radius 1 is 1.15 bits per heavy atom. The van der Waals surface area contributed by atoms with Crippen LogP contribution in [-0.4, -0.2) is 29.3 Å². The molecule has 0 fully saturated rings. The molecule has 0 spiro atoms. The van der Waals surface area contributed by atoms with E-state index in [1.807, 2.05) is 32.9 Å². The summed E-state index contributed by atoms with van der Waals surface area (Å²) in [5.41, 5.74) is 0.186. The van der Waals surface area contributed by atoms with Gasteiger partial charge in [-0.15, -0.1) is 10.2 Å². The van der Waals surface area contributed by atoms with E-state index in [9.17, 15) is 9.59 Å². The third-order valence-corrected chi connectivity index (χ3v) is 6.32. The second-order valence-corrected chi connectivity index (χ2v) is 9.18. The van der Waals surface area contributed by atoms with Crippen LogP contribution < -0.4 is 11.2 Å². The van der Waals surface area contributed by atoms with Crippen LogP contribution in [0.1, 0.15) is 44.8 Å². The average Bonchev–Trinajstić information content (AvgIpc) is 3.27. The van der Waals surface area contributed by atoms with E-state index in [-0.39, 0.29) is 17.4 Å². The third-order valence-electron chi connectivity index (χ3n) is 5.03. The van der Waals surface area contributed by atoms with E-state index in [1.165, 1.54) is 23.4 Å². The summed E-state index contributed by atoms with van der Waals surface area (Å²) in [6.45, 7) is 6.35. The van der Waals surface area contributed by atoms with E-state index >= 15 is 0 Å². The molecule has 4 aromatic rings. The van der Waals surface area contributed by atoms with Gasteiger partial charge in [-0.3, -0.25) is 13.9 Å². The molecule has 0 amide bonds. The summed E-state index contributed by atoms with van der Waals surface area (Å²) in [7, 11) is 1.47. The predicted octanol–water partition coefficient (Wildman–Crippen LogP) is 4.02. The van der Waals surface area contributed by atoms with Crippen LogP contribution in [0.25, 0.3) is 22.5 Å². The van der Waals surface area contributed by atoms with Crippen LogP contribution in [0, 0.1) is 0 Å². The molecule has 3 aromatic heterocycles. The lowest BCUT2D eigenvalue weighted by Crippen LogP contribution is -2.39. The lowest BCUT2D eigenvalue weighted by molar-refractivity contribution is 0.528. The molecule has 3 heterocycles. The highest BCUT2D eigenvalue weighted by Gasteiger charge is 2.21. The molecule has 0 saturated heterocycles. The van der Waals surface area contributed by atoms with Crippen LogP contribution in [0.3, 0.4) is 0 Å². The van der Waals surface area contributed by atoms with Gasteiger partial charge in [-0.05, 0) is 18.6 Å². The minimum Gasteiger partial charge on any atom is -0.420 e. The number of aromatic nitrogens is 6. The van der Waals surface area contributed by atoms with Gasteiger partial charge in [0, 0.05) is 19.5 Å². The predicted molar refractivity (Wildman–Crippen MR) is 128 cm³/mol. The maximum atomic E-state index is 13.0. The van der Waals surface area contributed by atoms with Crippen molar-refractivity contribution in [2.24, 2.45) is 7.05 Å². The first-order chi connectivity index (χ1) is 15.8. The number of rotatable bonds is 7. The highest BCUT2D eigenvalue weighted by atomic mass is 35.5. The topological polar surface area (TPSA) is 109 Å². The number of nitrogens with zero attached hydrogens (tertiary/aromatic N) is 6. The number of aryl methyl sites for hydroxylation is 1. The van der Waals surface area contributed by atoms with Gasteiger partial charge in [0.1, 0.15) is 16.2 Å². The van der Waals surface area contributed by atoms with Gasteiger partial charge >= 0.3 is 5.69 Å². The van der Waals surface area contributed by atoms with Crippen molar-refractivity contribution >= 4 is 34.4 Å². The molecule has 11 heteroatoms. The van der Waals surface area contributed by atoms with Gasteiger partial charge < -0.3 is 4.42 Å². The van der Waals surface area contributed by atoms with Crippen LogP contribution in [0.2, 0.25) is 5.02 Å². The second-order valence-electron chi connectivity index (χ2n) is 7.81. The SMILES string of the molecule is CCCn1c(=O)n(C)c(=O)c2c(SCc3nnc(-c4ccccc4Cl)o3)nc(C(C)C)nc21. The normalized spacial score (nSPS) is 11.6. The van der Waals surface area contributed by atoms with Crippen LogP contribution in [0.5, 0.6) is 0 Å². The van der Waals surface area contributed by atoms with E-state index < -0.39 is 5.56 Å². The van der Waals surface area contributed by atoms with Crippen molar-refractivity contribution in [1.82, 2.24) is 29.3 Å². The summed E-state index contributed by atoms with van der Waals surface area (Å²) < 4.78 is 8.43. The molecule has 0 aliphatic carbocycles. The lowest BCUT2D eigenvalue weighted by atomic mass is 10.2. The maximum Gasteiger partial charge on any atom is 0.332 e. The van der Waals surface area contributed by atoms with Gasteiger partial charge in [0.05, 0.1) is 16.3 Å². The quantitative estimate of drug-likeness (QED) is 0.284. The third kappa shape index (κ3) is 4.45. The number of fused-ring (bicyclic) bond motifs is 1. The molecular formula is C22H23ClN6O3S. The van der Waals surface area contributed by atoms with Crippen LogP contribution in [0.15, 0.2) is 43.3 Å². The summed E-state index contributed by atoms with van der Waals surface area (Å²) in [5.74, 6) is 1.55. The fourth-order valence-corrected chi connectivity index (χ4v) is 4.40. The van der Waals surface area contributed by atoms with Crippen molar-refractivity contribution in [2.75, 3.05) is 0 Å². The van der Waals surface area contributed by atoms with Crippen molar-refractivity contribution in [3.63, 3.8) is 0 Å². The van der Waals surface area contributed by atoms with E-state index in [1.54, 1.807) is 12.1 Å². The smallest absolute Gasteiger partial charge is 0.332 e. The first kappa shape index (κ1) is 23.2. The molecule has 172 valence electrons. The van der Waals surface area contributed by atoms with Crippen molar-refractivity contribution in [1.29, 1.82) is 0 Å². The summed E-state index contributed by atoms with van der Waals surface area (Å²) in [6, 6.07) is 7.22. The molecule has 4 rings (SSSR count). The minimum atomic E-state index is -0.428. The molecule has 0 aliphatic heterocycles. The summed E-state index contributed by atoms with van der Waals surface area (Å²) in [6.07, 6.45) is 0.726. The molecule has 9 nitrogen and oxygen atoms in total. The molecule has 0 N–H and O–H groups in total. The molecular weight excluding hydrogens is 464 g/mol. The first-order valence-electron chi connectivity index (χ1n) is 10.5. The average molecular weight is 487 g/mol. The number of hydrogen-bond donors (Lipinski definition) is 0. The Morgan fingerprint density at radius 3 is 2.61 bits per heavy atom. The monoisotopic (exact) mass is 486 g/mol.